The van der Waals surface area contributed by atoms with Gasteiger partial charge in [-0.25, -0.2) is 9.37 Å². The zero-order valence-electron chi connectivity index (χ0n) is 6.11. The highest BCUT2D eigenvalue weighted by molar-refractivity contribution is 5.14. The van der Waals surface area contributed by atoms with Gasteiger partial charge >= 0.3 is 6.18 Å². The number of rotatable bonds is 0. The SMILES string of the molecule is Cc1nc(C(F)(F)F)ccc1F. The van der Waals surface area contributed by atoms with Crippen LogP contribution in [0.15, 0.2) is 12.1 Å². The van der Waals surface area contributed by atoms with E-state index >= 15 is 0 Å². The summed E-state index contributed by atoms with van der Waals surface area (Å²) in [6.45, 7) is 1.19. The lowest BCUT2D eigenvalue weighted by Gasteiger charge is -2.05. The first-order valence-electron chi connectivity index (χ1n) is 3.11. The lowest BCUT2D eigenvalue weighted by atomic mass is 10.3. The molecule has 1 rings (SSSR count). The number of halogens is 4. The van der Waals surface area contributed by atoms with E-state index in [0.717, 1.165) is 6.07 Å². The zero-order chi connectivity index (χ0) is 9.35. The largest absolute Gasteiger partial charge is 0.433 e. The maximum Gasteiger partial charge on any atom is 0.433 e. The number of alkyl halides is 3. The maximum atomic E-state index is 12.5. The van der Waals surface area contributed by atoms with Gasteiger partial charge in [0.15, 0.2) is 0 Å². The van der Waals surface area contributed by atoms with Crippen molar-refractivity contribution >= 4 is 0 Å². The zero-order valence-corrected chi connectivity index (χ0v) is 6.11. The summed E-state index contributed by atoms with van der Waals surface area (Å²) < 4.78 is 48.2. The van der Waals surface area contributed by atoms with Crippen molar-refractivity contribution in [3.8, 4) is 0 Å². The van der Waals surface area contributed by atoms with Crippen LogP contribution >= 0.6 is 0 Å². The van der Waals surface area contributed by atoms with Crippen LogP contribution in [0.1, 0.15) is 11.4 Å². The normalized spacial score (nSPS) is 11.8. The van der Waals surface area contributed by atoms with Gasteiger partial charge in [0.25, 0.3) is 0 Å². The van der Waals surface area contributed by atoms with Gasteiger partial charge in [-0.1, -0.05) is 0 Å². The molecular formula is C7H5F4N. The third-order valence-corrected chi connectivity index (χ3v) is 1.31. The first-order chi connectivity index (χ1) is 5.41. The topological polar surface area (TPSA) is 12.9 Å². The Morgan fingerprint density at radius 2 is 1.83 bits per heavy atom. The fourth-order valence-corrected chi connectivity index (χ4v) is 0.702. The van der Waals surface area contributed by atoms with E-state index in [4.69, 9.17) is 0 Å². The van der Waals surface area contributed by atoms with Crippen LogP contribution in [-0.4, -0.2) is 4.98 Å². The molecule has 0 amide bonds. The van der Waals surface area contributed by atoms with E-state index in [1.807, 2.05) is 0 Å². The first-order valence-corrected chi connectivity index (χ1v) is 3.11. The molecule has 1 aromatic rings. The lowest BCUT2D eigenvalue weighted by Crippen LogP contribution is -2.09. The van der Waals surface area contributed by atoms with Crippen LogP contribution in [0.25, 0.3) is 0 Å². The minimum Gasteiger partial charge on any atom is -0.246 e. The van der Waals surface area contributed by atoms with E-state index in [1.165, 1.54) is 6.92 Å². The Hall–Kier alpha value is -1.13. The van der Waals surface area contributed by atoms with Crippen molar-refractivity contribution in [2.75, 3.05) is 0 Å². The van der Waals surface area contributed by atoms with Gasteiger partial charge in [-0.2, -0.15) is 13.2 Å². The van der Waals surface area contributed by atoms with Crippen LogP contribution in [0.2, 0.25) is 0 Å². The smallest absolute Gasteiger partial charge is 0.246 e. The second-order valence-corrected chi connectivity index (χ2v) is 2.26. The number of pyridine rings is 1. The molecule has 0 atom stereocenters. The molecule has 0 saturated heterocycles. The average Bonchev–Trinajstić information content (AvgIpc) is 1.92. The van der Waals surface area contributed by atoms with Gasteiger partial charge in [0.1, 0.15) is 11.5 Å². The number of aryl methyl sites for hydroxylation is 1. The Balaban J connectivity index is 3.14. The van der Waals surface area contributed by atoms with E-state index in [9.17, 15) is 17.6 Å². The van der Waals surface area contributed by atoms with Crippen LogP contribution in [-0.2, 0) is 6.18 Å². The first kappa shape index (κ1) is 8.96. The Labute approximate surface area is 66.0 Å². The van der Waals surface area contributed by atoms with Crippen LogP contribution in [0, 0.1) is 12.7 Å². The molecule has 0 aliphatic rings. The van der Waals surface area contributed by atoms with Crippen LogP contribution in [0.3, 0.4) is 0 Å². The molecule has 0 fully saturated rings. The molecule has 1 nitrogen and oxygen atoms in total. The van der Waals surface area contributed by atoms with Crippen molar-refractivity contribution in [2.24, 2.45) is 0 Å². The number of aromatic nitrogens is 1. The molecule has 0 aliphatic carbocycles. The predicted molar refractivity (Wildman–Crippen MR) is 33.9 cm³/mol. The van der Waals surface area contributed by atoms with Gasteiger partial charge in [0.2, 0.25) is 0 Å². The molecule has 0 radical (unpaired) electrons. The molecule has 0 unspecified atom stereocenters. The lowest BCUT2D eigenvalue weighted by molar-refractivity contribution is -0.141. The van der Waals surface area contributed by atoms with Crippen molar-refractivity contribution in [3.05, 3.63) is 29.3 Å². The summed E-state index contributed by atoms with van der Waals surface area (Å²) >= 11 is 0. The Morgan fingerprint density at radius 1 is 1.25 bits per heavy atom. The van der Waals surface area contributed by atoms with Crippen LogP contribution < -0.4 is 0 Å². The molecule has 5 heteroatoms. The summed E-state index contributed by atoms with van der Waals surface area (Å²) in [5.41, 5.74) is -1.31. The maximum absolute atomic E-state index is 12.5. The van der Waals surface area contributed by atoms with Gasteiger partial charge in [-0.05, 0) is 19.1 Å². The summed E-state index contributed by atoms with van der Waals surface area (Å²) in [6, 6.07) is 1.37. The highest BCUT2D eigenvalue weighted by Crippen LogP contribution is 2.27. The fraction of sp³-hybridized carbons (Fsp3) is 0.286. The molecule has 1 heterocycles. The van der Waals surface area contributed by atoms with Crippen LogP contribution in [0.4, 0.5) is 17.6 Å². The molecular weight excluding hydrogens is 174 g/mol. The van der Waals surface area contributed by atoms with Gasteiger partial charge in [-0.15, -0.1) is 0 Å². The summed E-state index contributed by atoms with van der Waals surface area (Å²) in [5.74, 6) is -0.733. The number of hydrogen-bond acceptors (Lipinski definition) is 1. The van der Waals surface area contributed by atoms with Gasteiger partial charge in [0, 0.05) is 0 Å². The third kappa shape index (κ3) is 1.72. The number of nitrogens with zero attached hydrogens (tertiary/aromatic N) is 1. The van der Waals surface area contributed by atoms with Crippen molar-refractivity contribution in [3.63, 3.8) is 0 Å². The van der Waals surface area contributed by atoms with Crippen molar-refractivity contribution in [1.82, 2.24) is 4.98 Å². The molecule has 0 spiro atoms. The van der Waals surface area contributed by atoms with Gasteiger partial charge < -0.3 is 0 Å². The quantitative estimate of drug-likeness (QED) is 0.557. The van der Waals surface area contributed by atoms with E-state index < -0.39 is 17.7 Å². The minimum absolute atomic E-state index is 0.246. The van der Waals surface area contributed by atoms with Crippen molar-refractivity contribution < 1.29 is 17.6 Å². The van der Waals surface area contributed by atoms with Gasteiger partial charge in [-0.3, -0.25) is 0 Å². The standard InChI is InChI=1S/C7H5F4N/c1-4-5(8)2-3-6(12-4)7(9,10)11/h2-3H,1H3. The summed E-state index contributed by atoms with van der Waals surface area (Å²) in [4.78, 5) is 3.04. The Morgan fingerprint density at radius 3 is 2.25 bits per heavy atom. The Bertz CT molecular complexity index is 292. The second kappa shape index (κ2) is 2.73. The van der Waals surface area contributed by atoms with E-state index in [1.54, 1.807) is 0 Å². The minimum atomic E-state index is -4.50. The monoisotopic (exact) mass is 179 g/mol. The van der Waals surface area contributed by atoms with E-state index in [2.05, 4.69) is 4.98 Å². The van der Waals surface area contributed by atoms with E-state index in [0.29, 0.717) is 6.07 Å². The highest BCUT2D eigenvalue weighted by Gasteiger charge is 2.32. The molecule has 0 aromatic carbocycles. The van der Waals surface area contributed by atoms with Gasteiger partial charge in [0.05, 0.1) is 5.69 Å². The second-order valence-electron chi connectivity index (χ2n) is 2.26. The molecule has 0 bridgehead atoms. The van der Waals surface area contributed by atoms with Crippen LogP contribution in [0.5, 0.6) is 0 Å². The molecule has 12 heavy (non-hydrogen) atoms. The molecule has 0 aliphatic heterocycles. The summed E-state index contributed by atoms with van der Waals surface area (Å²) in [6.07, 6.45) is -4.50. The molecule has 66 valence electrons. The summed E-state index contributed by atoms with van der Waals surface area (Å²) in [5, 5.41) is 0. The molecule has 0 saturated carbocycles. The molecule has 0 N–H and O–H groups in total. The third-order valence-electron chi connectivity index (χ3n) is 1.31. The van der Waals surface area contributed by atoms with E-state index in [-0.39, 0.29) is 5.69 Å². The van der Waals surface area contributed by atoms with Crippen molar-refractivity contribution in [1.29, 1.82) is 0 Å². The summed E-state index contributed by atoms with van der Waals surface area (Å²) in [7, 11) is 0. The predicted octanol–water partition coefficient (Wildman–Crippen LogP) is 2.55. The number of hydrogen-bond donors (Lipinski definition) is 0. The highest BCUT2D eigenvalue weighted by atomic mass is 19.4. The Kier molecular flexibility index (Phi) is 2.04. The average molecular weight is 179 g/mol. The van der Waals surface area contributed by atoms with Crippen molar-refractivity contribution in [2.45, 2.75) is 13.1 Å². The molecule has 1 aromatic heterocycles. The fourth-order valence-electron chi connectivity index (χ4n) is 0.702.